The number of amides is 1. The van der Waals surface area contributed by atoms with Crippen molar-refractivity contribution >= 4 is 49.2 Å². The Morgan fingerprint density at radius 1 is 1.09 bits per heavy atom. The van der Waals surface area contributed by atoms with Gasteiger partial charge in [0.05, 0.1) is 16.8 Å². The summed E-state index contributed by atoms with van der Waals surface area (Å²) in [4.78, 5) is 30.9. The molecule has 0 N–H and O–H groups in total. The summed E-state index contributed by atoms with van der Waals surface area (Å²) in [5.41, 5.74) is 2.94. The van der Waals surface area contributed by atoms with Crippen molar-refractivity contribution < 1.29 is 13.9 Å². The lowest BCUT2D eigenvalue weighted by Gasteiger charge is -2.07. The molecule has 0 bridgehead atoms. The molecule has 0 atom stereocenters. The summed E-state index contributed by atoms with van der Waals surface area (Å²) >= 11 is 1.44. The maximum Gasteiger partial charge on any atom is 0.349 e. The number of thiazole rings is 1. The number of hydrogen-bond acceptors (Lipinski definition) is 5. The molecule has 5 rings (SSSR count). The van der Waals surface area contributed by atoms with Gasteiger partial charge in [-0.3, -0.25) is 4.79 Å². The molecule has 0 spiro atoms. The molecule has 2 heterocycles. The van der Waals surface area contributed by atoms with Crippen molar-refractivity contribution in [3.8, 4) is 0 Å². The van der Waals surface area contributed by atoms with Gasteiger partial charge >= 0.3 is 5.63 Å². The average molecular weight is 473 g/mol. The molecule has 6 nitrogen and oxygen atoms in total. The molecule has 0 aliphatic heterocycles. The fourth-order valence-corrected chi connectivity index (χ4v) is 5.39. The molecule has 0 saturated carbocycles. The SMILES string of the molecule is CCOCCn1c(=NC(=O)c2cc3c(ccc4ccccc43)oc2=O)sc2c(C)cc(C)cc21. The van der Waals surface area contributed by atoms with Crippen LogP contribution in [-0.4, -0.2) is 23.7 Å². The highest BCUT2D eigenvalue weighted by molar-refractivity contribution is 7.16. The van der Waals surface area contributed by atoms with Gasteiger partial charge in [-0.25, -0.2) is 4.79 Å². The lowest BCUT2D eigenvalue weighted by atomic mass is 10.0. The molecule has 0 aliphatic carbocycles. The van der Waals surface area contributed by atoms with Crippen LogP contribution >= 0.6 is 11.3 Å². The largest absolute Gasteiger partial charge is 0.422 e. The van der Waals surface area contributed by atoms with E-state index >= 15 is 0 Å². The smallest absolute Gasteiger partial charge is 0.349 e. The van der Waals surface area contributed by atoms with Gasteiger partial charge in [0.25, 0.3) is 5.91 Å². The van der Waals surface area contributed by atoms with Crippen LogP contribution in [0, 0.1) is 13.8 Å². The first kappa shape index (κ1) is 22.3. The Morgan fingerprint density at radius 3 is 2.74 bits per heavy atom. The van der Waals surface area contributed by atoms with Gasteiger partial charge in [0.1, 0.15) is 11.1 Å². The normalized spacial score (nSPS) is 12.3. The third-order valence-corrected chi connectivity index (χ3v) is 7.08. The lowest BCUT2D eigenvalue weighted by molar-refractivity contribution is 0.0993. The number of aromatic nitrogens is 1. The van der Waals surface area contributed by atoms with Gasteiger partial charge in [0.15, 0.2) is 4.80 Å². The van der Waals surface area contributed by atoms with Gasteiger partial charge in [-0.2, -0.15) is 4.99 Å². The van der Waals surface area contributed by atoms with Crippen LogP contribution in [0.3, 0.4) is 0 Å². The van der Waals surface area contributed by atoms with E-state index in [-0.39, 0.29) is 5.56 Å². The molecule has 0 fully saturated rings. The summed E-state index contributed by atoms with van der Waals surface area (Å²) in [6.07, 6.45) is 0. The van der Waals surface area contributed by atoms with Gasteiger partial charge in [-0.05, 0) is 60.9 Å². The van der Waals surface area contributed by atoms with Crippen molar-refractivity contribution in [2.24, 2.45) is 4.99 Å². The number of rotatable bonds is 5. The molecule has 34 heavy (non-hydrogen) atoms. The summed E-state index contributed by atoms with van der Waals surface area (Å²) in [6, 6.07) is 17.2. The van der Waals surface area contributed by atoms with Crippen LogP contribution in [0.25, 0.3) is 32.0 Å². The molecule has 3 aromatic carbocycles. The molecule has 172 valence electrons. The van der Waals surface area contributed by atoms with E-state index in [9.17, 15) is 9.59 Å². The number of carbonyl (C=O) groups excluding carboxylic acids is 1. The van der Waals surface area contributed by atoms with Crippen LogP contribution in [0.1, 0.15) is 28.4 Å². The summed E-state index contributed by atoms with van der Waals surface area (Å²) in [7, 11) is 0. The molecule has 2 aromatic heterocycles. The predicted octanol–water partition coefficient (Wildman–Crippen LogP) is 5.36. The van der Waals surface area contributed by atoms with Crippen molar-refractivity contribution in [2.75, 3.05) is 13.2 Å². The fraction of sp³-hybridized carbons (Fsp3) is 0.222. The van der Waals surface area contributed by atoms with E-state index in [4.69, 9.17) is 9.15 Å². The van der Waals surface area contributed by atoms with E-state index in [0.29, 0.717) is 35.5 Å². The zero-order valence-electron chi connectivity index (χ0n) is 19.3. The topological polar surface area (TPSA) is 73.8 Å². The molecule has 0 unspecified atom stereocenters. The highest BCUT2D eigenvalue weighted by atomic mass is 32.1. The van der Waals surface area contributed by atoms with Crippen LogP contribution in [0.2, 0.25) is 0 Å². The Bertz CT molecular complexity index is 1690. The Balaban J connectivity index is 1.68. The van der Waals surface area contributed by atoms with Crippen LogP contribution in [0.5, 0.6) is 0 Å². The molecular weight excluding hydrogens is 448 g/mol. The quantitative estimate of drug-likeness (QED) is 0.196. The Kier molecular flexibility index (Phi) is 5.89. The molecular formula is C27H24N2O4S. The van der Waals surface area contributed by atoms with Crippen LogP contribution in [0.15, 0.2) is 68.8 Å². The van der Waals surface area contributed by atoms with Crippen molar-refractivity contribution in [2.45, 2.75) is 27.3 Å². The summed E-state index contributed by atoms with van der Waals surface area (Å²) in [5.74, 6) is -0.616. The molecule has 5 aromatic rings. The van der Waals surface area contributed by atoms with E-state index in [1.807, 2.05) is 55.7 Å². The minimum absolute atomic E-state index is 0.0782. The zero-order valence-corrected chi connectivity index (χ0v) is 20.1. The van der Waals surface area contributed by atoms with Crippen LogP contribution in [0.4, 0.5) is 0 Å². The average Bonchev–Trinajstić information content (AvgIpc) is 3.15. The standard InChI is InChI=1S/C27H24N2O4S/c1-4-32-12-11-29-22-14-16(2)13-17(3)24(22)34-27(29)28-25(30)21-15-20-19-8-6-5-7-18(19)9-10-23(20)33-26(21)31/h5-10,13-15H,4,11-12H2,1-3H3. The van der Waals surface area contributed by atoms with Gasteiger partial charge in [0, 0.05) is 18.5 Å². The molecule has 1 amide bonds. The van der Waals surface area contributed by atoms with E-state index in [1.54, 1.807) is 12.1 Å². The van der Waals surface area contributed by atoms with Crippen molar-refractivity contribution in [1.82, 2.24) is 4.57 Å². The molecule has 0 aliphatic rings. The Morgan fingerprint density at radius 2 is 1.91 bits per heavy atom. The highest BCUT2D eigenvalue weighted by Crippen LogP contribution is 2.26. The number of hydrogen-bond donors (Lipinski definition) is 0. The zero-order chi connectivity index (χ0) is 23.8. The van der Waals surface area contributed by atoms with E-state index in [0.717, 1.165) is 32.1 Å². The third kappa shape index (κ3) is 3.97. The Hall–Kier alpha value is -3.55. The minimum atomic E-state index is -0.689. The number of benzene rings is 3. The summed E-state index contributed by atoms with van der Waals surface area (Å²) in [6.45, 7) is 7.71. The number of fused-ring (bicyclic) bond motifs is 4. The van der Waals surface area contributed by atoms with E-state index in [1.165, 1.54) is 11.3 Å². The number of aryl methyl sites for hydroxylation is 2. The first-order chi connectivity index (χ1) is 16.5. The predicted molar refractivity (Wildman–Crippen MR) is 136 cm³/mol. The van der Waals surface area contributed by atoms with Crippen molar-refractivity contribution in [3.63, 3.8) is 0 Å². The van der Waals surface area contributed by atoms with Crippen LogP contribution in [-0.2, 0) is 11.3 Å². The van der Waals surface area contributed by atoms with Crippen molar-refractivity contribution in [3.05, 3.63) is 86.5 Å². The fourth-order valence-electron chi connectivity index (χ4n) is 4.28. The second-order valence-electron chi connectivity index (χ2n) is 8.23. The summed E-state index contributed by atoms with van der Waals surface area (Å²) in [5, 5.41) is 2.63. The van der Waals surface area contributed by atoms with E-state index in [2.05, 4.69) is 17.1 Å². The lowest BCUT2D eigenvalue weighted by Crippen LogP contribution is -2.21. The Labute approximate surface area is 199 Å². The van der Waals surface area contributed by atoms with Gasteiger partial charge < -0.3 is 13.7 Å². The molecule has 7 heteroatoms. The molecule has 0 saturated heterocycles. The van der Waals surface area contributed by atoms with Crippen LogP contribution < -0.4 is 10.4 Å². The first-order valence-electron chi connectivity index (χ1n) is 11.2. The highest BCUT2D eigenvalue weighted by Gasteiger charge is 2.16. The first-order valence-corrected chi connectivity index (χ1v) is 12.0. The summed E-state index contributed by atoms with van der Waals surface area (Å²) < 4.78 is 14.1. The minimum Gasteiger partial charge on any atom is -0.422 e. The van der Waals surface area contributed by atoms with E-state index < -0.39 is 11.5 Å². The second-order valence-corrected chi connectivity index (χ2v) is 9.20. The third-order valence-electron chi connectivity index (χ3n) is 5.85. The van der Waals surface area contributed by atoms with Gasteiger partial charge in [0.2, 0.25) is 0 Å². The monoisotopic (exact) mass is 472 g/mol. The second kappa shape index (κ2) is 9.00. The maximum atomic E-state index is 13.3. The number of carbonyl (C=O) groups is 1. The van der Waals surface area contributed by atoms with Gasteiger partial charge in [-0.1, -0.05) is 47.7 Å². The number of ether oxygens (including phenoxy) is 1. The maximum absolute atomic E-state index is 13.3. The number of nitrogens with zero attached hydrogens (tertiary/aromatic N) is 2. The van der Waals surface area contributed by atoms with Gasteiger partial charge in [-0.15, -0.1) is 0 Å². The molecule has 0 radical (unpaired) electrons. The van der Waals surface area contributed by atoms with Crippen molar-refractivity contribution in [1.29, 1.82) is 0 Å².